The summed E-state index contributed by atoms with van der Waals surface area (Å²) in [4.78, 5) is 34.8. The summed E-state index contributed by atoms with van der Waals surface area (Å²) in [6.07, 6.45) is 1.72. The van der Waals surface area contributed by atoms with Crippen LogP contribution >= 0.6 is 38.9 Å². The molecule has 8 nitrogen and oxygen atoms in total. The number of carbonyl (C=O) groups excluding carboxylic acids is 1. The van der Waals surface area contributed by atoms with Crippen molar-refractivity contribution < 1.29 is 13.9 Å². The number of hydrogen-bond donors (Lipinski definition) is 1. The number of aromatic nitrogens is 1. The quantitative estimate of drug-likeness (QED) is 0.342. The number of halogens is 2. The molecule has 2 aliphatic heterocycles. The van der Waals surface area contributed by atoms with Gasteiger partial charge in [-0.2, -0.15) is 0 Å². The lowest BCUT2D eigenvalue weighted by molar-refractivity contribution is -0.113. The SMILES string of the molecule is CC1=C(C(=O)Nc2ccccc2)[C@@H](c2ccc(Cl)cc2)n2c(s/c(=C/c3cc(Br)c(N4CCOCC4)o3)c2=O)=N1. The topological polar surface area (TPSA) is 89.1 Å². The van der Waals surface area contributed by atoms with E-state index in [2.05, 4.69) is 26.1 Å². The van der Waals surface area contributed by atoms with Crippen LogP contribution in [0.1, 0.15) is 24.3 Å². The van der Waals surface area contributed by atoms with Crippen molar-refractivity contribution in [3.63, 3.8) is 0 Å². The van der Waals surface area contributed by atoms with Crippen LogP contribution in [0.15, 0.2) is 90.6 Å². The maximum Gasteiger partial charge on any atom is 0.271 e. The van der Waals surface area contributed by atoms with E-state index in [1.54, 1.807) is 29.7 Å². The van der Waals surface area contributed by atoms with Crippen molar-refractivity contribution >= 4 is 62.4 Å². The van der Waals surface area contributed by atoms with E-state index in [4.69, 9.17) is 25.7 Å². The Bertz CT molecular complexity index is 1790. The van der Waals surface area contributed by atoms with Crippen LogP contribution in [0.5, 0.6) is 0 Å². The van der Waals surface area contributed by atoms with Crippen molar-refractivity contribution in [3.8, 4) is 0 Å². The van der Waals surface area contributed by atoms with E-state index in [0.717, 1.165) is 23.1 Å². The van der Waals surface area contributed by atoms with Crippen molar-refractivity contribution in [1.29, 1.82) is 0 Å². The Balaban J connectivity index is 1.44. The first-order valence-electron chi connectivity index (χ1n) is 12.7. The molecule has 11 heteroatoms. The number of nitrogens with zero attached hydrogens (tertiary/aromatic N) is 3. The number of benzene rings is 2. The maximum absolute atomic E-state index is 13.9. The molecule has 1 saturated heterocycles. The van der Waals surface area contributed by atoms with Gasteiger partial charge in [0.05, 0.1) is 39.5 Å². The first-order valence-corrected chi connectivity index (χ1v) is 14.6. The van der Waals surface area contributed by atoms with Gasteiger partial charge in [-0.3, -0.25) is 14.2 Å². The van der Waals surface area contributed by atoms with E-state index in [0.29, 0.717) is 56.2 Å². The third kappa shape index (κ3) is 5.19. The first kappa shape index (κ1) is 26.8. The first-order chi connectivity index (χ1) is 19.4. The molecule has 6 rings (SSSR count). The van der Waals surface area contributed by atoms with E-state index in [-0.39, 0.29) is 11.5 Å². The Labute approximate surface area is 247 Å². The monoisotopic (exact) mass is 638 g/mol. The molecule has 0 bridgehead atoms. The fraction of sp³-hybridized carbons (Fsp3) is 0.207. The number of anilines is 2. The number of thiazole rings is 1. The molecule has 204 valence electrons. The number of fused-ring (bicyclic) bond motifs is 1. The van der Waals surface area contributed by atoms with Crippen LogP contribution in [0.3, 0.4) is 0 Å². The second kappa shape index (κ2) is 11.2. The average Bonchev–Trinajstić information content (AvgIpc) is 3.47. The second-order valence-corrected chi connectivity index (χ2v) is 11.7. The van der Waals surface area contributed by atoms with Crippen molar-refractivity contribution in [2.45, 2.75) is 13.0 Å². The number of carbonyl (C=O) groups is 1. The van der Waals surface area contributed by atoms with Gasteiger partial charge in [0.2, 0.25) is 5.88 Å². The highest BCUT2D eigenvalue weighted by Gasteiger charge is 2.32. The third-order valence-electron chi connectivity index (χ3n) is 6.74. The van der Waals surface area contributed by atoms with E-state index >= 15 is 0 Å². The second-order valence-electron chi connectivity index (χ2n) is 9.35. The molecule has 2 aromatic carbocycles. The van der Waals surface area contributed by atoms with E-state index in [1.165, 1.54) is 11.3 Å². The van der Waals surface area contributed by atoms with E-state index < -0.39 is 6.04 Å². The van der Waals surface area contributed by atoms with Gasteiger partial charge in [-0.25, -0.2) is 4.99 Å². The Morgan fingerprint density at radius 1 is 1.15 bits per heavy atom. The van der Waals surface area contributed by atoms with Gasteiger partial charge in [-0.1, -0.05) is 53.3 Å². The molecule has 1 fully saturated rings. The number of furan rings is 1. The normalized spacial score (nSPS) is 17.5. The Morgan fingerprint density at radius 2 is 1.88 bits per heavy atom. The molecule has 2 aliphatic rings. The largest absolute Gasteiger partial charge is 0.440 e. The van der Waals surface area contributed by atoms with Crippen LogP contribution in [0.4, 0.5) is 11.6 Å². The van der Waals surface area contributed by atoms with Gasteiger partial charge in [0.15, 0.2) is 4.80 Å². The van der Waals surface area contributed by atoms with Crippen LogP contribution < -0.4 is 25.1 Å². The van der Waals surface area contributed by atoms with Crippen molar-refractivity contribution in [2.75, 3.05) is 36.5 Å². The Hall–Kier alpha value is -3.44. The number of amides is 1. The fourth-order valence-electron chi connectivity index (χ4n) is 4.85. The Kier molecular flexibility index (Phi) is 7.50. The number of allylic oxidation sites excluding steroid dienone is 1. The molecule has 40 heavy (non-hydrogen) atoms. The molecule has 0 radical (unpaired) electrons. The lowest BCUT2D eigenvalue weighted by Crippen LogP contribution is -2.40. The molecular weight excluding hydrogens is 616 g/mol. The summed E-state index contributed by atoms with van der Waals surface area (Å²) >= 11 is 11.0. The van der Waals surface area contributed by atoms with Gasteiger partial charge in [0, 0.05) is 35.9 Å². The minimum absolute atomic E-state index is 0.262. The summed E-state index contributed by atoms with van der Waals surface area (Å²) in [7, 11) is 0. The molecule has 1 amide bonds. The van der Waals surface area contributed by atoms with Gasteiger partial charge in [-0.05, 0) is 52.7 Å². The van der Waals surface area contributed by atoms with Gasteiger partial charge in [-0.15, -0.1) is 0 Å². The molecule has 0 aliphatic carbocycles. The molecule has 4 aromatic rings. The number of nitrogens with one attached hydrogen (secondary N) is 1. The Morgan fingerprint density at radius 3 is 2.60 bits per heavy atom. The lowest BCUT2D eigenvalue weighted by atomic mass is 9.95. The summed E-state index contributed by atoms with van der Waals surface area (Å²) in [5.41, 5.74) is 2.07. The highest BCUT2D eigenvalue weighted by molar-refractivity contribution is 9.10. The van der Waals surface area contributed by atoms with Gasteiger partial charge in [0.1, 0.15) is 5.76 Å². The number of para-hydroxylation sites is 1. The molecule has 1 N–H and O–H groups in total. The van der Waals surface area contributed by atoms with Crippen molar-refractivity contribution in [2.24, 2.45) is 4.99 Å². The standard InChI is InChI=1S/C29H24BrClN4O4S/c1-17-24(26(36)33-20-5-3-2-4-6-20)25(18-7-9-19(31)10-8-18)35-27(37)23(40-29(35)32-17)16-21-15-22(30)28(39-21)34-11-13-38-14-12-34/h2-10,15-16,25H,11-14H2,1H3,(H,33,36)/b23-16+/t25-/m1/s1. The number of rotatable bonds is 5. The van der Waals surface area contributed by atoms with E-state index in [9.17, 15) is 9.59 Å². The number of ether oxygens (including phenoxy) is 1. The fourth-order valence-corrected chi connectivity index (χ4v) is 6.56. The summed E-state index contributed by atoms with van der Waals surface area (Å²) < 4.78 is 14.4. The smallest absolute Gasteiger partial charge is 0.271 e. The van der Waals surface area contributed by atoms with Crippen LogP contribution in [0.2, 0.25) is 5.02 Å². The molecular formula is C29H24BrClN4O4S. The zero-order chi connectivity index (χ0) is 27.8. The van der Waals surface area contributed by atoms with E-state index in [1.807, 2.05) is 48.5 Å². The van der Waals surface area contributed by atoms with Crippen LogP contribution in [0, 0.1) is 0 Å². The predicted octanol–water partition coefficient (Wildman–Crippen LogP) is 4.72. The maximum atomic E-state index is 13.9. The number of morpholine rings is 1. The highest BCUT2D eigenvalue weighted by Crippen LogP contribution is 2.33. The molecule has 0 saturated carbocycles. The summed E-state index contributed by atoms with van der Waals surface area (Å²) in [6, 6.07) is 17.5. The molecule has 0 spiro atoms. The molecule has 0 unspecified atom stereocenters. The van der Waals surface area contributed by atoms with Crippen molar-refractivity contribution in [1.82, 2.24) is 4.57 Å². The average molecular weight is 640 g/mol. The summed E-state index contributed by atoms with van der Waals surface area (Å²) in [5, 5.41) is 3.52. The van der Waals surface area contributed by atoms with Crippen LogP contribution in [-0.4, -0.2) is 36.8 Å². The van der Waals surface area contributed by atoms with Crippen molar-refractivity contribution in [3.05, 3.63) is 112 Å². The van der Waals surface area contributed by atoms with Crippen LogP contribution in [-0.2, 0) is 9.53 Å². The highest BCUT2D eigenvalue weighted by atomic mass is 79.9. The zero-order valence-corrected chi connectivity index (χ0v) is 24.6. The van der Waals surface area contributed by atoms with Gasteiger partial charge < -0.3 is 19.4 Å². The number of hydrogen-bond acceptors (Lipinski definition) is 7. The third-order valence-corrected chi connectivity index (χ3v) is 8.55. The molecule has 4 heterocycles. The lowest BCUT2D eigenvalue weighted by Gasteiger charge is -2.26. The minimum Gasteiger partial charge on any atom is -0.440 e. The summed E-state index contributed by atoms with van der Waals surface area (Å²) in [5.74, 6) is 0.920. The molecule has 1 atom stereocenters. The minimum atomic E-state index is -0.688. The van der Waals surface area contributed by atoms with Gasteiger partial charge >= 0.3 is 0 Å². The predicted molar refractivity (Wildman–Crippen MR) is 160 cm³/mol. The zero-order valence-electron chi connectivity index (χ0n) is 21.4. The summed E-state index contributed by atoms with van der Waals surface area (Å²) in [6.45, 7) is 4.50. The molecule has 2 aromatic heterocycles. The van der Waals surface area contributed by atoms with Gasteiger partial charge in [0.25, 0.3) is 11.5 Å². The van der Waals surface area contributed by atoms with Crippen LogP contribution in [0.25, 0.3) is 6.08 Å².